The van der Waals surface area contributed by atoms with Crippen molar-refractivity contribution in [3.8, 4) is 0 Å². The maximum absolute atomic E-state index is 12.2. The third-order valence-electron chi connectivity index (χ3n) is 17.6. The summed E-state index contributed by atoms with van der Waals surface area (Å²) >= 11 is 0. The van der Waals surface area contributed by atoms with Crippen molar-refractivity contribution in [1.82, 2.24) is 0 Å². The molecule has 0 saturated carbocycles. The zero-order valence-corrected chi connectivity index (χ0v) is 55.3. The van der Waals surface area contributed by atoms with Gasteiger partial charge in [-0.25, -0.2) is 9.59 Å². The lowest BCUT2D eigenvalue weighted by molar-refractivity contribution is -0.181. The number of carbonyl (C=O) groups is 4. The van der Waals surface area contributed by atoms with Crippen molar-refractivity contribution in [3.05, 3.63) is 97.2 Å². The van der Waals surface area contributed by atoms with Crippen molar-refractivity contribution in [2.75, 3.05) is 13.9 Å². The highest BCUT2D eigenvalue weighted by atomic mass is 16.7. The minimum Gasteiger partial charge on any atom is -0.462 e. The smallest absolute Gasteiger partial charge is 0.404 e. The Balaban J connectivity index is 0.000000872. The molecule has 2 fully saturated rings. The van der Waals surface area contributed by atoms with Crippen LogP contribution in [0.25, 0.3) is 0 Å². The van der Waals surface area contributed by atoms with E-state index in [-0.39, 0.29) is 84.2 Å². The zero-order valence-electron chi connectivity index (χ0n) is 55.3. The first-order valence-electron chi connectivity index (χ1n) is 31.1. The minimum absolute atomic E-state index is 0.0424. The van der Waals surface area contributed by atoms with Crippen LogP contribution in [-0.2, 0) is 38.0 Å². The number of nitrogens with two attached hydrogens (primary N) is 2. The van der Waals surface area contributed by atoms with Crippen LogP contribution in [0.5, 0.6) is 0 Å². The molecule has 0 bridgehead atoms. The summed E-state index contributed by atoms with van der Waals surface area (Å²) in [5.74, 6) is -4.89. The molecule has 0 aromatic heterocycles. The van der Waals surface area contributed by atoms with Gasteiger partial charge in [-0.15, -0.1) is 0 Å². The normalized spacial score (nSPS) is 27.7. The summed E-state index contributed by atoms with van der Waals surface area (Å²) in [6, 6.07) is 0. The van der Waals surface area contributed by atoms with Crippen molar-refractivity contribution in [1.29, 1.82) is 0 Å². The zero-order chi connectivity index (χ0) is 66.7. The Labute approximate surface area is 520 Å². The number of carbonyl (C=O) groups excluding carboxylic acids is 4. The third-order valence-corrected chi connectivity index (χ3v) is 17.6. The van der Waals surface area contributed by atoms with E-state index >= 15 is 0 Å². The number of amides is 2. The Morgan fingerprint density at radius 1 is 0.552 bits per heavy atom. The second-order valence-electron chi connectivity index (χ2n) is 25.4. The number of aliphatic hydroxyl groups excluding tert-OH is 7. The topological polar surface area (TPSA) is 317 Å². The van der Waals surface area contributed by atoms with E-state index in [1.807, 2.05) is 126 Å². The minimum atomic E-state index is -0.894. The highest BCUT2D eigenvalue weighted by Crippen LogP contribution is 2.34. The van der Waals surface area contributed by atoms with Crippen LogP contribution < -0.4 is 11.5 Å². The Morgan fingerprint density at radius 3 is 1.28 bits per heavy atom. The van der Waals surface area contributed by atoms with Crippen molar-refractivity contribution in [3.63, 3.8) is 0 Å². The van der Waals surface area contributed by atoms with E-state index in [1.54, 1.807) is 57.2 Å². The summed E-state index contributed by atoms with van der Waals surface area (Å²) in [4.78, 5) is 47.2. The van der Waals surface area contributed by atoms with Gasteiger partial charge in [-0.1, -0.05) is 180 Å². The van der Waals surface area contributed by atoms with Gasteiger partial charge in [0.25, 0.3) is 0 Å². The summed E-state index contributed by atoms with van der Waals surface area (Å²) in [5.41, 5.74) is 12.6. The maximum atomic E-state index is 12.2. The molecule has 2 unspecified atom stereocenters. The summed E-state index contributed by atoms with van der Waals surface area (Å²) < 4.78 is 32.6. The third kappa shape index (κ3) is 27.0. The first-order valence-corrected chi connectivity index (χ1v) is 31.1. The number of methoxy groups -OCH3 is 1. The largest absolute Gasteiger partial charge is 0.462 e. The Bertz CT molecular complexity index is 2280. The van der Waals surface area contributed by atoms with Crippen LogP contribution >= 0.6 is 0 Å². The lowest BCUT2D eigenvalue weighted by atomic mass is 9.81. The van der Waals surface area contributed by atoms with Crippen LogP contribution in [0.15, 0.2) is 97.2 Å². The van der Waals surface area contributed by atoms with Crippen LogP contribution in [0.2, 0.25) is 0 Å². The van der Waals surface area contributed by atoms with E-state index in [9.17, 15) is 54.9 Å². The fourth-order valence-electron chi connectivity index (χ4n) is 11.9. The number of primary amides is 2. The maximum Gasteiger partial charge on any atom is 0.404 e. The molecule has 2 amide bonds. The molecule has 2 saturated heterocycles. The van der Waals surface area contributed by atoms with E-state index in [0.29, 0.717) is 19.3 Å². The SMILES string of the molecule is C=C/C=C\[C@H](C)[C@H](OC(N)=O)[C@@H](C)[C@H](O)[C@@H](C)C/C(C)=C\[C@H](C)[C@@H](O)[C@@H](C)/C=C\[C@@H](O)CC1OC(=O)[C@H](C)[C@@H](O)[C@H]1C.C=C/C=C\[C@H](C)[C@H](OC(N)=O)[C@@H](C)[C@H](O)[C@@H](C)C/C(C)=C\[C@H](C)[C@@H](O)[C@@H](C)/C=C\[C@H](CC1OC(=O)[C@H](C)[C@@H](O)[C@H]1C)OCOC. The summed E-state index contributed by atoms with van der Waals surface area (Å²) in [7, 11) is 1.52. The van der Waals surface area contributed by atoms with Crippen LogP contribution in [-0.4, -0.2) is 147 Å². The summed E-state index contributed by atoms with van der Waals surface area (Å²) in [5, 5.41) is 75.5. The average molecular weight is 1230 g/mol. The van der Waals surface area contributed by atoms with Crippen LogP contribution in [0.1, 0.15) is 136 Å². The predicted molar refractivity (Wildman–Crippen MR) is 339 cm³/mol. The first kappa shape index (κ1) is 80.1. The summed E-state index contributed by atoms with van der Waals surface area (Å²) in [6.07, 6.45) is 13.3. The molecule has 26 atom stereocenters. The first-order chi connectivity index (χ1) is 40.6. The Hall–Kier alpha value is -4.96. The summed E-state index contributed by atoms with van der Waals surface area (Å²) in [6.45, 7) is 37.2. The van der Waals surface area contributed by atoms with Crippen molar-refractivity contribution < 1.29 is 83.3 Å². The van der Waals surface area contributed by atoms with Crippen LogP contribution in [0, 0.1) is 82.9 Å². The fourth-order valence-corrected chi connectivity index (χ4v) is 11.9. The average Bonchev–Trinajstić information content (AvgIpc) is 2.24. The highest BCUT2D eigenvalue weighted by Gasteiger charge is 2.43. The van der Waals surface area contributed by atoms with Gasteiger partial charge in [0, 0.05) is 79.1 Å². The van der Waals surface area contributed by atoms with E-state index < -0.39 is 109 Å². The lowest BCUT2D eigenvalue weighted by Gasteiger charge is -2.37. The fraction of sp³-hybridized carbons (Fsp3) is 0.706. The second-order valence-corrected chi connectivity index (χ2v) is 25.4. The molecule has 0 spiro atoms. The van der Waals surface area contributed by atoms with Crippen LogP contribution in [0.3, 0.4) is 0 Å². The Kier molecular flexibility index (Phi) is 36.7. The van der Waals surface area contributed by atoms with E-state index in [0.717, 1.165) is 11.1 Å². The molecule has 19 heteroatoms. The number of rotatable bonds is 35. The van der Waals surface area contributed by atoms with Gasteiger partial charge in [0.1, 0.15) is 31.2 Å². The van der Waals surface area contributed by atoms with Gasteiger partial charge in [-0.3, -0.25) is 9.59 Å². The van der Waals surface area contributed by atoms with Gasteiger partial charge in [0.2, 0.25) is 0 Å². The van der Waals surface area contributed by atoms with Gasteiger partial charge in [-0.2, -0.15) is 0 Å². The van der Waals surface area contributed by atoms with Gasteiger partial charge in [0.15, 0.2) is 0 Å². The molecule has 0 aromatic rings. The van der Waals surface area contributed by atoms with Crippen molar-refractivity contribution in [2.45, 2.75) is 210 Å². The molecule has 0 aromatic carbocycles. The molecule has 498 valence electrons. The monoisotopic (exact) mass is 1230 g/mol. The van der Waals surface area contributed by atoms with E-state index in [4.69, 9.17) is 39.9 Å². The standard InChI is InChI=1S/C35H59NO9.C33H55NO8/c1-11-12-13-22(4)33(45-35(36)41)26(8)31(38)24(6)17-20(2)16-23(5)30(37)21(3)14-15-28(43-19-42-10)18-29-25(7)32(39)27(9)34(40)44-29;1-10-11-12-20(4)31(42-33(34)40)24(8)29(37)22(6)16-18(2)15-21(5)28(36)19(3)13-14-26(35)17-27-23(7)30(38)25(9)32(39)41-27/h11-16,21-33,37-39H,1,17-19H2,2-10H3,(H2,36,41);10-15,19-31,35-38H,1,16-17H2,2-9H3,(H2,34,40)/b13-12-,15-14-,20-16-;12-11-,14-13-,18-15-/t21-,22-,23-,24-,25-,26-,27+,28+,29?,30-,31+,32-,33-;19-,20-,21-,22-,23-,24-,25+,26+,27?,28-,29+,30-,31-/m00/s1. The van der Waals surface area contributed by atoms with Gasteiger partial charge < -0.3 is 75.6 Å². The van der Waals surface area contributed by atoms with Crippen molar-refractivity contribution >= 4 is 24.1 Å². The highest BCUT2D eigenvalue weighted by molar-refractivity contribution is 5.74. The number of ether oxygens (including phenoxy) is 6. The molecule has 2 aliphatic heterocycles. The van der Waals surface area contributed by atoms with E-state index in [2.05, 4.69) is 13.2 Å². The molecule has 0 aliphatic carbocycles. The molecule has 87 heavy (non-hydrogen) atoms. The molecule has 2 heterocycles. The quantitative estimate of drug-likeness (QED) is 0.00938. The Morgan fingerprint density at radius 2 is 0.920 bits per heavy atom. The second kappa shape index (κ2) is 39.9. The molecular weight excluding hydrogens is 1120 g/mol. The van der Waals surface area contributed by atoms with Gasteiger partial charge >= 0.3 is 24.1 Å². The molecule has 2 rings (SSSR count). The van der Waals surface area contributed by atoms with Gasteiger partial charge in [-0.05, 0) is 52.4 Å². The number of esters is 2. The number of allylic oxidation sites excluding steroid dienone is 6. The van der Waals surface area contributed by atoms with E-state index in [1.165, 1.54) is 7.11 Å². The van der Waals surface area contributed by atoms with Crippen molar-refractivity contribution in [2.24, 2.45) is 94.3 Å². The number of aliphatic hydroxyl groups is 7. The number of hydrogen-bond acceptors (Lipinski definition) is 17. The molecular formula is C68H114N2O17. The number of cyclic esters (lactones) is 2. The van der Waals surface area contributed by atoms with Gasteiger partial charge in [0.05, 0.1) is 60.7 Å². The molecule has 0 radical (unpaired) electrons. The molecule has 2 aliphatic rings. The number of hydrogen-bond donors (Lipinski definition) is 9. The predicted octanol–water partition coefficient (Wildman–Crippen LogP) is 9.22. The molecule has 11 N–H and O–H groups in total. The van der Waals surface area contributed by atoms with Crippen LogP contribution in [0.4, 0.5) is 9.59 Å². The lowest BCUT2D eigenvalue weighted by Crippen LogP contribution is -2.47. The molecule has 19 nitrogen and oxygen atoms in total.